The Hall–Kier alpha value is -1.41. The molecule has 0 spiro atoms. The van der Waals surface area contributed by atoms with Crippen LogP contribution in [-0.2, 0) is 6.54 Å². The number of halogens is 2. The Bertz CT molecular complexity index is 768. The molecule has 8 heteroatoms. The van der Waals surface area contributed by atoms with E-state index in [2.05, 4.69) is 55.0 Å². The number of para-hydroxylation sites is 1. The fraction of sp³-hybridized carbons (Fsp3) is 0.235. The summed E-state index contributed by atoms with van der Waals surface area (Å²) < 4.78 is 2.89. The van der Waals surface area contributed by atoms with Gasteiger partial charge in [-0.2, -0.15) is 4.68 Å². The topological polar surface area (TPSA) is 55.6 Å². The van der Waals surface area contributed by atoms with Gasteiger partial charge >= 0.3 is 0 Å². The van der Waals surface area contributed by atoms with Gasteiger partial charge in [-0.1, -0.05) is 58.0 Å². The summed E-state index contributed by atoms with van der Waals surface area (Å²) in [6.45, 7) is 1.85. The van der Waals surface area contributed by atoms with E-state index < -0.39 is 0 Å². The van der Waals surface area contributed by atoms with Crippen LogP contribution in [-0.4, -0.2) is 32.5 Å². The van der Waals surface area contributed by atoms with E-state index in [1.54, 1.807) is 16.4 Å². The lowest BCUT2D eigenvalue weighted by Gasteiger charge is -2.06. The van der Waals surface area contributed by atoms with Gasteiger partial charge in [0.2, 0.25) is 5.16 Å². The Morgan fingerprint density at radius 2 is 1.92 bits per heavy atom. The molecule has 0 saturated carbocycles. The van der Waals surface area contributed by atoms with Gasteiger partial charge in [-0.05, 0) is 53.2 Å². The number of hydrogen-bond donors (Lipinski definition) is 1. The molecule has 1 aromatic heterocycles. The van der Waals surface area contributed by atoms with E-state index in [4.69, 9.17) is 0 Å². The largest absolute Gasteiger partial charge is 0.313 e. The van der Waals surface area contributed by atoms with Crippen molar-refractivity contribution >= 4 is 40.1 Å². The standard InChI is InChI=1S/C17H18BrN5S.ClH/c18-15-7-4-6-14(12-15)13-19-10-5-11-24-17-20-21-22-23(17)16-8-2-1-3-9-16;/h1-4,6-9,12,19H,5,10-11,13H2;1H. The molecule has 1 N–H and O–H groups in total. The molecule has 3 rings (SSSR count). The first-order chi connectivity index (χ1) is 11.8. The lowest BCUT2D eigenvalue weighted by atomic mass is 10.2. The lowest BCUT2D eigenvalue weighted by molar-refractivity contribution is 0.677. The highest BCUT2D eigenvalue weighted by molar-refractivity contribution is 9.10. The number of nitrogens with one attached hydrogen (secondary N) is 1. The molecule has 0 amide bonds. The molecule has 1 heterocycles. The normalized spacial score (nSPS) is 10.4. The first-order valence-electron chi connectivity index (χ1n) is 7.75. The second-order valence-corrected chi connectivity index (χ2v) is 7.20. The predicted molar refractivity (Wildman–Crippen MR) is 108 cm³/mol. The molecule has 0 fully saturated rings. The van der Waals surface area contributed by atoms with E-state index in [9.17, 15) is 0 Å². The third-order valence-electron chi connectivity index (χ3n) is 3.39. The number of nitrogens with zero attached hydrogens (tertiary/aromatic N) is 4. The second kappa shape index (κ2) is 10.6. The summed E-state index contributed by atoms with van der Waals surface area (Å²) in [5, 5.41) is 16.2. The van der Waals surface area contributed by atoms with Crippen molar-refractivity contribution in [1.82, 2.24) is 25.5 Å². The zero-order chi connectivity index (χ0) is 16.6. The van der Waals surface area contributed by atoms with Crippen LogP contribution in [0.5, 0.6) is 0 Å². The van der Waals surface area contributed by atoms with E-state index in [-0.39, 0.29) is 12.4 Å². The summed E-state index contributed by atoms with van der Waals surface area (Å²) in [5.74, 6) is 0.971. The highest BCUT2D eigenvalue weighted by atomic mass is 79.9. The van der Waals surface area contributed by atoms with Crippen molar-refractivity contribution < 1.29 is 0 Å². The Labute approximate surface area is 166 Å². The van der Waals surface area contributed by atoms with E-state index in [0.29, 0.717) is 0 Å². The van der Waals surface area contributed by atoms with Crippen LogP contribution in [0.1, 0.15) is 12.0 Å². The van der Waals surface area contributed by atoms with Crippen LogP contribution in [0.4, 0.5) is 0 Å². The van der Waals surface area contributed by atoms with E-state index in [0.717, 1.165) is 40.6 Å². The second-order valence-electron chi connectivity index (χ2n) is 5.22. The van der Waals surface area contributed by atoms with Crippen molar-refractivity contribution in [3.8, 4) is 5.69 Å². The third kappa shape index (κ3) is 6.11. The number of thioether (sulfide) groups is 1. The Kier molecular flexibility index (Phi) is 8.40. The maximum absolute atomic E-state index is 4.11. The summed E-state index contributed by atoms with van der Waals surface area (Å²) in [6.07, 6.45) is 1.06. The van der Waals surface area contributed by atoms with Gasteiger partial charge in [0, 0.05) is 16.8 Å². The SMILES string of the molecule is Brc1cccc(CNCCCSc2nnnn2-c2ccccc2)c1.Cl. The fourth-order valence-electron chi connectivity index (χ4n) is 2.24. The number of aromatic nitrogens is 4. The zero-order valence-electron chi connectivity index (χ0n) is 13.5. The molecular weight excluding hydrogens is 422 g/mol. The van der Waals surface area contributed by atoms with Crippen LogP contribution in [0.15, 0.2) is 64.2 Å². The average Bonchev–Trinajstić information content (AvgIpc) is 3.07. The van der Waals surface area contributed by atoms with Crippen molar-refractivity contribution in [3.05, 3.63) is 64.6 Å². The van der Waals surface area contributed by atoms with Crippen molar-refractivity contribution in [2.45, 2.75) is 18.1 Å². The summed E-state index contributed by atoms with van der Waals surface area (Å²) in [7, 11) is 0. The van der Waals surface area contributed by atoms with Gasteiger partial charge in [-0.15, -0.1) is 17.5 Å². The maximum Gasteiger partial charge on any atom is 0.214 e. The predicted octanol–water partition coefficient (Wildman–Crippen LogP) is 4.12. The van der Waals surface area contributed by atoms with E-state index >= 15 is 0 Å². The van der Waals surface area contributed by atoms with Crippen molar-refractivity contribution in [2.24, 2.45) is 0 Å². The van der Waals surface area contributed by atoms with Crippen molar-refractivity contribution in [1.29, 1.82) is 0 Å². The number of rotatable bonds is 8. The molecule has 5 nitrogen and oxygen atoms in total. The first kappa shape index (κ1) is 19.9. The van der Waals surface area contributed by atoms with Gasteiger partial charge in [0.05, 0.1) is 5.69 Å². The summed E-state index contributed by atoms with van der Waals surface area (Å²) in [6, 6.07) is 18.3. The average molecular weight is 441 g/mol. The summed E-state index contributed by atoms with van der Waals surface area (Å²) >= 11 is 5.17. The molecule has 0 bridgehead atoms. The summed E-state index contributed by atoms with van der Waals surface area (Å²) in [5.41, 5.74) is 2.27. The molecule has 0 aliphatic carbocycles. The Morgan fingerprint density at radius 3 is 2.72 bits per heavy atom. The maximum atomic E-state index is 4.11. The molecule has 0 atom stereocenters. The highest BCUT2D eigenvalue weighted by Crippen LogP contribution is 2.18. The molecule has 2 aromatic carbocycles. The molecule has 132 valence electrons. The van der Waals surface area contributed by atoms with Crippen LogP contribution >= 0.6 is 40.1 Å². The lowest BCUT2D eigenvalue weighted by Crippen LogP contribution is -2.15. The van der Waals surface area contributed by atoms with Crippen LogP contribution < -0.4 is 5.32 Å². The van der Waals surface area contributed by atoms with Crippen molar-refractivity contribution in [3.63, 3.8) is 0 Å². The molecular formula is C17H19BrClN5S. The molecule has 0 aliphatic rings. The minimum atomic E-state index is 0. The zero-order valence-corrected chi connectivity index (χ0v) is 16.7. The number of tetrazole rings is 1. The van der Waals surface area contributed by atoms with E-state index in [1.165, 1.54) is 5.56 Å². The molecule has 0 aliphatic heterocycles. The number of benzene rings is 2. The van der Waals surface area contributed by atoms with Crippen LogP contribution in [0.2, 0.25) is 0 Å². The monoisotopic (exact) mass is 439 g/mol. The molecule has 0 unspecified atom stereocenters. The smallest absolute Gasteiger partial charge is 0.214 e. The minimum Gasteiger partial charge on any atom is -0.313 e. The quantitative estimate of drug-likeness (QED) is 0.422. The van der Waals surface area contributed by atoms with E-state index in [1.807, 2.05) is 36.4 Å². The van der Waals surface area contributed by atoms with Crippen LogP contribution in [0.3, 0.4) is 0 Å². The van der Waals surface area contributed by atoms with Gasteiger partial charge in [0.15, 0.2) is 0 Å². The van der Waals surface area contributed by atoms with Gasteiger partial charge < -0.3 is 5.32 Å². The molecule has 0 radical (unpaired) electrons. The molecule has 0 saturated heterocycles. The van der Waals surface area contributed by atoms with Crippen molar-refractivity contribution in [2.75, 3.05) is 12.3 Å². The van der Waals surface area contributed by atoms with Gasteiger partial charge in [0.25, 0.3) is 0 Å². The van der Waals surface area contributed by atoms with Gasteiger partial charge in [-0.3, -0.25) is 0 Å². The Balaban J connectivity index is 0.00000225. The highest BCUT2D eigenvalue weighted by Gasteiger charge is 2.07. The van der Waals surface area contributed by atoms with Crippen LogP contribution in [0.25, 0.3) is 5.69 Å². The Morgan fingerprint density at radius 1 is 1.08 bits per heavy atom. The minimum absolute atomic E-state index is 0. The van der Waals surface area contributed by atoms with Gasteiger partial charge in [0.1, 0.15) is 0 Å². The molecule has 3 aromatic rings. The third-order valence-corrected chi connectivity index (χ3v) is 4.89. The number of hydrogen-bond acceptors (Lipinski definition) is 5. The first-order valence-corrected chi connectivity index (χ1v) is 9.52. The fourth-order valence-corrected chi connectivity index (χ4v) is 3.52. The van der Waals surface area contributed by atoms with Crippen LogP contribution in [0, 0.1) is 0 Å². The summed E-state index contributed by atoms with van der Waals surface area (Å²) in [4.78, 5) is 0. The molecule has 25 heavy (non-hydrogen) atoms. The van der Waals surface area contributed by atoms with Gasteiger partial charge in [-0.25, -0.2) is 0 Å².